The second-order valence-corrected chi connectivity index (χ2v) is 5.37. The molecule has 0 aliphatic rings. The summed E-state index contributed by atoms with van der Waals surface area (Å²) in [5.74, 6) is -0.188. The molecular weight excluding hydrogens is 263 g/mol. The molecule has 3 heteroatoms. The van der Waals surface area contributed by atoms with Crippen molar-refractivity contribution < 1.29 is 4.39 Å². The third-order valence-electron chi connectivity index (χ3n) is 3.88. The molecule has 0 saturated heterocycles. The number of nitrogens with zero attached hydrogens (tertiary/aromatic N) is 1. The molecule has 2 aromatic carbocycles. The minimum Gasteiger partial charge on any atom is -0.374 e. The number of hydrogen-bond acceptors (Lipinski definition) is 2. The van der Waals surface area contributed by atoms with Crippen LogP contribution in [0.15, 0.2) is 48.5 Å². The molecule has 0 amide bonds. The molecule has 0 aromatic heterocycles. The summed E-state index contributed by atoms with van der Waals surface area (Å²) < 4.78 is 13.5. The van der Waals surface area contributed by atoms with Crippen molar-refractivity contribution in [3.05, 3.63) is 65.5 Å². The van der Waals surface area contributed by atoms with E-state index in [1.54, 1.807) is 6.07 Å². The second-order valence-electron chi connectivity index (χ2n) is 5.37. The Balaban J connectivity index is 2.13. The molecule has 21 heavy (non-hydrogen) atoms. The van der Waals surface area contributed by atoms with Gasteiger partial charge in [-0.1, -0.05) is 30.3 Å². The summed E-state index contributed by atoms with van der Waals surface area (Å²) in [7, 11) is 3.95. The zero-order valence-corrected chi connectivity index (χ0v) is 12.9. The Hall–Kier alpha value is -1.87. The minimum atomic E-state index is -0.188. The van der Waals surface area contributed by atoms with Gasteiger partial charge in [-0.2, -0.15) is 0 Å². The lowest BCUT2D eigenvalue weighted by molar-refractivity contribution is 0.607. The summed E-state index contributed by atoms with van der Waals surface area (Å²) in [5.41, 5.74) is 3.39. The number of halogens is 1. The maximum absolute atomic E-state index is 13.5. The average Bonchev–Trinajstić information content (AvgIpc) is 2.52. The van der Waals surface area contributed by atoms with Gasteiger partial charge in [-0.05, 0) is 49.7 Å². The molecule has 0 heterocycles. The molecular formula is C18H23FN2. The first-order chi connectivity index (χ1) is 10.1. The maximum atomic E-state index is 13.5. The Bertz CT molecular complexity index is 569. The van der Waals surface area contributed by atoms with Crippen molar-refractivity contribution in [1.29, 1.82) is 0 Å². The monoisotopic (exact) mass is 286 g/mol. The maximum Gasteiger partial charge on any atom is 0.123 e. The normalized spacial score (nSPS) is 12.2. The summed E-state index contributed by atoms with van der Waals surface area (Å²) in [6, 6.07) is 15.5. The molecule has 0 radical (unpaired) electrons. The number of likely N-dealkylation sites (N-methyl/N-ethyl adjacent to an activating group) is 1. The van der Waals surface area contributed by atoms with Crippen LogP contribution in [0.1, 0.15) is 24.1 Å². The highest BCUT2D eigenvalue weighted by Crippen LogP contribution is 2.26. The van der Waals surface area contributed by atoms with Crippen LogP contribution in [0, 0.1) is 5.82 Å². The Morgan fingerprint density at radius 2 is 1.86 bits per heavy atom. The molecule has 1 unspecified atom stereocenters. The topological polar surface area (TPSA) is 15.3 Å². The average molecular weight is 286 g/mol. The Kier molecular flexibility index (Phi) is 5.34. The van der Waals surface area contributed by atoms with Gasteiger partial charge in [-0.3, -0.25) is 0 Å². The molecule has 0 fully saturated rings. The van der Waals surface area contributed by atoms with Gasteiger partial charge in [0, 0.05) is 25.3 Å². The highest BCUT2D eigenvalue weighted by molar-refractivity contribution is 5.54. The molecule has 0 aliphatic carbocycles. The van der Waals surface area contributed by atoms with E-state index in [0.29, 0.717) is 0 Å². The van der Waals surface area contributed by atoms with Crippen LogP contribution in [0.3, 0.4) is 0 Å². The lowest BCUT2D eigenvalue weighted by Gasteiger charge is -2.25. The van der Waals surface area contributed by atoms with Gasteiger partial charge in [0.25, 0.3) is 0 Å². The summed E-state index contributed by atoms with van der Waals surface area (Å²) in [6.45, 7) is 2.95. The highest BCUT2D eigenvalue weighted by atomic mass is 19.1. The summed E-state index contributed by atoms with van der Waals surface area (Å²) >= 11 is 0. The van der Waals surface area contributed by atoms with Crippen molar-refractivity contribution in [2.75, 3.05) is 25.5 Å². The summed E-state index contributed by atoms with van der Waals surface area (Å²) in [6.07, 6.45) is 0.974. The van der Waals surface area contributed by atoms with Crippen LogP contribution in [0.4, 0.5) is 10.1 Å². The van der Waals surface area contributed by atoms with E-state index in [0.717, 1.165) is 24.2 Å². The van der Waals surface area contributed by atoms with E-state index in [4.69, 9.17) is 0 Å². The van der Waals surface area contributed by atoms with E-state index >= 15 is 0 Å². The van der Waals surface area contributed by atoms with Crippen molar-refractivity contribution in [1.82, 2.24) is 5.32 Å². The molecule has 2 aromatic rings. The summed E-state index contributed by atoms with van der Waals surface area (Å²) in [4.78, 5) is 2.19. The first-order valence-corrected chi connectivity index (χ1v) is 7.33. The standard InChI is InChI=1S/C18H23FN2/c1-14(20-2)17-13-16(19)9-10-18(17)21(3)12-11-15-7-5-4-6-8-15/h4-10,13-14,20H,11-12H2,1-3H3. The van der Waals surface area contributed by atoms with Crippen molar-refractivity contribution in [3.63, 3.8) is 0 Å². The largest absolute Gasteiger partial charge is 0.374 e. The zero-order chi connectivity index (χ0) is 15.2. The number of nitrogens with one attached hydrogen (secondary N) is 1. The third kappa shape index (κ3) is 4.05. The van der Waals surface area contributed by atoms with Gasteiger partial charge in [-0.15, -0.1) is 0 Å². The smallest absolute Gasteiger partial charge is 0.123 e. The van der Waals surface area contributed by atoms with Gasteiger partial charge in [0.2, 0.25) is 0 Å². The lowest BCUT2D eigenvalue weighted by Crippen LogP contribution is -2.24. The van der Waals surface area contributed by atoms with Crippen LogP contribution in [-0.4, -0.2) is 20.6 Å². The summed E-state index contributed by atoms with van der Waals surface area (Å²) in [5, 5.41) is 3.18. The van der Waals surface area contributed by atoms with Crippen LogP contribution in [-0.2, 0) is 6.42 Å². The van der Waals surface area contributed by atoms with Crippen LogP contribution in [0.2, 0.25) is 0 Å². The molecule has 0 saturated carbocycles. The predicted molar refractivity (Wildman–Crippen MR) is 87.3 cm³/mol. The van der Waals surface area contributed by atoms with Gasteiger partial charge in [0.1, 0.15) is 5.82 Å². The first kappa shape index (κ1) is 15.5. The molecule has 0 aliphatic heterocycles. The molecule has 2 rings (SSSR count). The zero-order valence-electron chi connectivity index (χ0n) is 12.9. The highest BCUT2D eigenvalue weighted by Gasteiger charge is 2.13. The van der Waals surface area contributed by atoms with Gasteiger partial charge >= 0.3 is 0 Å². The van der Waals surface area contributed by atoms with E-state index in [2.05, 4.69) is 41.5 Å². The van der Waals surface area contributed by atoms with E-state index in [9.17, 15) is 4.39 Å². The second kappa shape index (κ2) is 7.23. The number of rotatable bonds is 6. The van der Waals surface area contributed by atoms with Crippen molar-refractivity contribution >= 4 is 5.69 Å². The number of hydrogen-bond donors (Lipinski definition) is 1. The molecule has 2 nitrogen and oxygen atoms in total. The lowest BCUT2D eigenvalue weighted by atomic mass is 10.0. The van der Waals surface area contributed by atoms with Crippen LogP contribution < -0.4 is 10.2 Å². The fourth-order valence-electron chi connectivity index (χ4n) is 2.44. The van der Waals surface area contributed by atoms with Crippen molar-refractivity contribution in [3.8, 4) is 0 Å². The van der Waals surface area contributed by atoms with E-state index in [1.807, 2.05) is 26.1 Å². The van der Waals surface area contributed by atoms with E-state index < -0.39 is 0 Å². The molecule has 0 spiro atoms. The van der Waals surface area contributed by atoms with Crippen molar-refractivity contribution in [2.24, 2.45) is 0 Å². The molecule has 112 valence electrons. The molecule has 1 N–H and O–H groups in total. The number of anilines is 1. The fourth-order valence-corrected chi connectivity index (χ4v) is 2.44. The number of benzene rings is 2. The quantitative estimate of drug-likeness (QED) is 0.869. The van der Waals surface area contributed by atoms with Gasteiger partial charge in [0.15, 0.2) is 0 Å². The Morgan fingerprint density at radius 3 is 2.52 bits per heavy atom. The minimum absolute atomic E-state index is 0.120. The van der Waals surface area contributed by atoms with Gasteiger partial charge in [-0.25, -0.2) is 4.39 Å². The van der Waals surface area contributed by atoms with Gasteiger partial charge in [0.05, 0.1) is 0 Å². The van der Waals surface area contributed by atoms with Crippen LogP contribution in [0.5, 0.6) is 0 Å². The third-order valence-corrected chi connectivity index (χ3v) is 3.88. The van der Waals surface area contributed by atoms with Crippen molar-refractivity contribution in [2.45, 2.75) is 19.4 Å². The first-order valence-electron chi connectivity index (χ1n) is 7.33. The SMILES string of the molecule is CNC(C)c1cc(F)ccc1N(C)CCc1ccccc1. The predicted octanol–water partition coefficient (Wildman–Crippen LogP) is 3.79. The Labute approximate surface area is 126 Å². The molecule has 0 bridgehead atoms. The Morgan fingerprint density at radius 1 is 1.14 bits per heavy atom. The molecule has 1 atom stereocenters. The van der Waals surface area contributed by atoms with Crippen LogP contribution >= 0.6 is 0 Å². The van der Waals surface area contributed by atoms with E-state index in [-0.39, 0.29) is 11.9 Å². The van der Waals surface area contributed by atoms with Gasteiger partial charge < -0.3 is 10.2 Å². The van der Waals surface area contributed by atoms with E-state index in [1.165, 1.54) is 11.6 Å². The fraction of sp³-hybridized carbons (Fsp3) is 0.333. The van der Waals surface area contributed by atoms with Crippen LogP contribution in [0.25, 0.3) is 0 Å².